The summed E-state index contributed by atoms with van der Waals surface area (Å²) >= 11 is 0.983. The number of aromatic nitrogens is 3. The Morgan fingerprint density at radius 2 is 2.29 bits per heavy atom. The molecule has 1 atom stereocenters. The lowest BCUT2D eigenvalue weighted by atomic mass is 10.5. The van der Waals surface area contributed by atoms with Crippen LogP contribution in [0, 0.1) is 0 Å². The standard InChI is InChI=1S/C8H10F3N3O2S/c1-5(6(15)16-3-8(9,10)11)17-7-13-12-4-14(7)2/h4-5H,3H2,1-2H3. The van der Waals surface area contributed by atoms with E-state index in [-0.39, 0.29) is 0 Å². The van der Waals surface area contributed by atoms with Gasteiger partial charge in [-0.25, -0.2) is 0 Å². The zero-order valence-electron chi connectivity index (χ0n) is 9.06. The van der Waals surface area contributed by atoms with Gasteiger partial charge in [0.05, 0.1) is 0 Å². The van der Waals surface area contributed by atoms with Crippen molar-refractivity contribution < 1.29 is 22.7 Å². The first-order chi connectivity index (χ1) is 7.79. The van der Waals surface area contributed by atoms with Crippen LogP contribution in [0.1, 0.15) is 6.92 Å². The van der Waals surface area contributed by atoms with Crippen molar-refractivity contribution in [1.29, 1.82) is 0 Å². The van der Waals surface area contributed by atoms with Crippen LogP contribution in [-0.4, -0.2) is 38.8 Å². The predicted molar refractivity (Wildman–Crippen MR) is 53.3 cm³/mol. The molecule has 1 heterocycles. The molecule has 0 aliphatic carbocycles. The molecule has 1 rings (SSSR count). The maximum atomic E-state index is 11.8. The van der Waals surface area contributed by atoms with E-state index in [1.54, 1.807) is 11.6 Å². The van der Waals surface area contributed by atoms with Crippen LogP contribution < -0.4 is 0 Å². The van der Waals surface area contributed by atoms with Gasteiger partial charge in [-0.05, 0) is 6.92 Å². The minimum atomic E-state index is -4.51. The number of hydrogen-bond acceptors (Lipinski definition) is 5. The highest BCUT2D eigenvalue weighted by Gasteiger charge is 2.31. The molecule has 1 aromatic heterocycles. The number of ether oxygens (including phenoxy) is 1. The van der Waals surface area contributed by atoms with Crippen molar-refractivity contribution in [2.45, 2.75) is 23.5 Å². The summed E-state index contributed by atoms with van der Waals surface area (Å²) in [6.07, 6.45) is -3.08. The smallest absolute Gasteiger partial charge is 0.422 e. The second-order valence-corrected chi connectivity index (χ2v) is 4.52. The SMILES string of the molecule is CC(Sc1nncn1C)C(=O)OCC(F)(F)F. The lowest BCUT2D eigenvalue weighted by Crippen LogP contribution is -2.25. The summed E-state index contributed by atoms with van der Waals surface area (Å²) < 4.78 is 41.1. The van der Waals surface area contributed by atoms with Gasteiger partial charge in [0, 0.05) is 7.05 Å². The Morgan fingerprint density at radius 1 is 1.65 bits per heavy atom. The van der Waals surface area contributed by atoms with Gasteiger partial charge in [0.2, 0.25) is 0 Å². The first-order valence-electron chi connectivity index (χ1n) is 4.53. The second-order valence-electron chi connectivity index (χ2n) is 3.21. The van der Waals surface area contributed by atoms with Crippen LogP contribution in [0.2, 0.25) is 0 Å². The number of carbonyl (C=O) groups is 1. The Bertz CT molecular complexity index is 394. The van der Waals surface area contributed by atoms with Crippen molar-refractivity contribution in [1.82, 2.24) is 14.8 Å². The third-order valence-corrected chi connectivity index (χ3v) is 2.79. The van der Waals surface area contributed by atoms with Crippen molar-refractivity contribution >= 4 is 17.7 Å². The summed E-state index contributed by atoms with van der Waals surface area (Å²) in [5.41, 5.74) is 0. The van der Waals surface area contributed by atoms with Crippen LogP contribution in [0.25, 0.3) is 0 Å². The van der Waals surface area contributed by atoms with Crippen LogP contribution in [0.3, 0.4) is 0 Å². The Balaban J connectivity index is 2.45. The lowest BCUT2D eigenvalue weighted by molar-refractivity contribution is -0.185. The van der Waals surface area contributed by atoms with Gasteiger partial charge in [-0.15, -0.1) is 10.2 Å². The summed E-state index contributed by atoms with van der Waals surface area (Å²) in [5, 5.41) is 6.93. The number of thioether (sulfide) groups is 1. The third-order valence-electron chi connectivity index (χ3n) is 1.66. The molecule has 0 bridgehead atoms. The van der Waals surface area contributed by atoms with Crippen molar-refractivity contribution in [2.75, 3.05) is 6.61 Å². The lowest BCUT2D eigenvalue weighted by Gasteiger charge is -2.11. The molecule has 0 saturated heterocycles. The highest BCUT2D eigenvalue weighted by atomic mass is 32.2. The van der Waals surface area contributed by atoms with Crippen LogP contribution >= 0.6 is 11.8 Å². The molecule has 0 aliphatic rings. The van der Waals surface area contributed by atoms with Crippen LogP contribution in [0.5, 0.6) is 0 Å². The van der Waals surface area contributed by atoms with Gasteiger partial charge < -0.3 is 9.30 Å². The molecule has 96 valence electrons. The van der Waals surface area contributed by atoms with Crippen molar-refractivity contribution in [3.05, 3.63) is 6.33 Å². The van der Waals surface area contributed by atoms with Crippen LogP contribution in [0.15, 0.2) is 11.5 Å². The molecule has 9 heteroatoms. The summed E-state index contributed by atoms with van der Waals surface area (Å²) in [6.45, 7) is -0.131. The fourth-order valence-electron chi connectivity index (χ4n) is 0.856. The minimum absolute atomic E-state index is 0.432. The number of carbonyl (C=O) groups excluding carboxylic acids is 1. The average molecular weight is 269 g/mol. The minimum Gasteiger partial charge on any atom is -0.455 e. The van der Waals surface area contributed by atoms with Gasteiger partial charge in [-0.1, -0.05) is 11.8 Å². The zero-order chi connectivity index (χ0) is 13.1. The van der Waals surface area contributed by atoms with Gasteiger partial charge in [-0.2, -0.15) is 13.2 Å². The molecule has 0 aromatic carbocycles. The monoisotopic (exact) mass is 269 g/mol. The number of halogens is 3. The molecule has 1 unspecified atom stereocenters. The molecule has 1 aromatic rings. The predicted octanol–water partition coefficient (Wildman–Crippen LogP) is 1.40. The quantitative estimate of drug-likeness (QED) is 0.611. The molecule has 0 spiro atoms. The van der Waals surface area contributed by atoms with Crippen molar-refractivity contribution in [2.24, 2.45) is 7.05 Å². The van der Waals surface area contributed by atoms with Crippen molar-refractivity contribution in [3.8, 4) is 0 Å². The molecule has 0 amide bonds. The van der Waals surface area contributed by atoms with Gasteiger partial charge in [0.1, 0.15) is 11.6 Å². The van der Waals surface area contributed by atoms with E-state index in [4.69, 9.17) is 0 Å². The van der Waals surface area contributed by atoms with Crippen LogP contribution in [-0.2, 0) is 16.6 Å². The summed E-state index contributed by atoms with van der Waals surface area (Å²) in [4.78, 5) is 11.2. The van der Waals surface area contributed by atoms with Crippen LogP contribution in [0.4, 0.5) is 13.2 Å². The number of esters is 1. The highest BCUT2D eigenvalue weighted by molar-refractivity contribution is 8.00. The Kier molecular flexibility index (Phi) is 4.38. The van der Waals surface area contributed by atoms with E-state index in [9.17, 15) is 18.0 Å². The summed E-state index contributed by atoms with van der Waals surface area (Å²) in [7, 11) is 1.66. The Morgan fingerprint density at radius 3 is 2.76 bits per heavy atom. The van der Waals surface area contributed by atoms with E-state index in [1.165, 1.54) is 13.3 Å². The van der Waals surface area contributed by atoms with E-state index in [0.29, 0.717) is 5.16 Å². The normalized spacial score (nSPS) is 13.5. The number of aryl methyl sites for hydroxylation is 1. The number of rotatable bonds is 4. The fourth-order valence-corrected chi connectivity index (χ4v) is 1.64. The second kappa shape index (κ2) is 5.39. The van der Waals surface area contributed by atoms with Gasteiger partial charge in [0.15, 0.2) is 11.8 Å². The summed E-state index contributed by atoms with van der Waals surface area (Å²) in [6, 6.07) is 0. The molecule has 0 radical (unpaired) electrons. The Hall–Kier alpha value is -1.25. The molecule has 17 heavy (non-hydrogen) atoms. The number of alkyl halides is 3. The maximum Gasteiger partial charge on any atom is 0.422 e. The van der Waals surface area contributed by atoms with E-state index in [0.717, 1.165) is 11.8 Å². The number of nitrogens with zero attached hydrogens (tertiary/aromatic N) is 3. The van der Waals surface area contributed by atoms with Crippen molar-refractivity contribution in [3.63, 3.8) is 0 Å². The zero-order valence-corrected chi connectivity index (χ0v) is 9.88. The van der Waals surface area contributed by atoms with E-state index in [1.807, 2.05) is 0 Å². The van der Waals surface area contributed by atoms with Gasteiger partial charge in [0.25, 0.3) is 0 Å². The largest absolute Gasteiger partial charge is 0.455 e. The molecule has 5 nitrogen and oxygen atoms in total. The molecule has 0 saturated carbocycles. The molecule has 0 fully saturated rings. The first-order valence-corrected chi connectivity index (χ1v) is 5.41. The fraction of sp³-hybridized carbons (Fsp3) is 0.625. The van der Waals surface area contributed by atoms with E-state index < -0.39 is 24.0 Å². The molecular formula is C8H10F3N3O2S. The highest BCUT2D eigenvalue weighted by Crippen LogP contribution is 2.22. The van der Waals surface area contributed by atoms with Gasteiger partial charge >= 0.3 is 12.1 Å². The Labute approximate surface area is 99.3 Å². The first kappa shape index (κ1) is 13.8. The maximum absolute atomic E-state index is 11.8. The van der Waals surface area contributed by atoms with E-state index >= 15 is 0 Å². The summed E-state index contributed by atoms with van der Waals surface area (Å²) in [5.74, 6) is -0.935. The molecule has 0 aliphatic heterocycles. The molecular weight excluding hydrogens is 259 g/mol. The third kappa shape index (κ3) is 4.63. The number of hydrogen-bond donors (Lipinski definition) is 0. The van der Waals surface area contributed by atoms with E-state index in [2.05, 4.69) is 14.9 Å². The van der Waals surface area contributed by atoms with Gasteiger partial charge in [-0.3, -0.25) is 4.79 Å². The topological polar surface area (TPSA) is 57.0 Å². The molecule has 0 N–H and O–H groups in total. The average Bonchev–Trinajstić information content (AvgIpc) is 2.59.